The topological polar surface area (TPSA) is 60.0 Å². The lowest BCUT2D eigenvalue weighted by Crippen LogP contribution is -2.53. The van der Waals surface area contributed by atoms with E-state index in [9.17, 15) is 4.79 Å². The minimum Gasteiger partial charge on any atom is -0.357 e. The average Bonchev–Trinajstić information content (AvgIpc) is 2.99. The predicted molar refractivity (Wildman–Crippen MR) is 114 cm³/mol. The summed E-state index contributed by atoms with van der Waals surface area (Å²) in [5.74, 6) is 3.47. The van der Waals surface area contributed by atoms with E-state index in [-0.39, 0.29) is 41.5 Å². The van der Waals surface area contributed by atoms with Gasteiger partial charge < -0.3 is 20.4 Å². The van der Waals surface area contributed by atoms with Crippen molar-refractivity contribution < 1.29 is 4.79 Å². The summed E-state index contributed by atoms with van der Waals surface area (Å²) in [5, 5.41) is 6.85. The second-order valence-corrected chi connectivity index (χ2v) is 7.88. The Balaban J connectivity index is 0.00000288. The molecular weight excluding hydrogens is 437 g/mol. The molecule has 2 unspecified atom stereocenters. The van der Waals surface area contributed by atoms with Gasteiger partial charge in [0.25, 0.3) is 0 Å². The minimum atomic E-state index is 0. The molecule has 2 aliphatic heterocycles. The first-order valence-electron chi connectivity index (χ1n) is 8.51. The molecule has 0 spiro atoms. The summed E-state index contributed by atoms with van der Waals surface area (Å²) < 4.78 is 0. The monoisotopic (exact) mass is 469 g/mol. The Bertz CT molecular complexity index is 440. The maximum Gasteiger partial charge on any atom is 0.222 e. The van der Waals surface area contributed by atoms with Crippen LogP contribution in [0.3, 0.4) is 0 Å². The van der Waals surface area contributed by atoms with Gasteiger partial charge in [-0.3, -0.25) is 9.79 Å². The molecule has 1 amide bonds. The maximum atomic E-state index is 11.6. The molecule has 140 valence electrons. The van der Waals surface area contributed by atoms with E-state index < -0.39 is 0 Å². The number of hydrogen-bond donors (Lipinski definition) is 2. The van der Waals surface area contributed by atoms with Crippen LogP contribution in [0.4, 0.5) is 0 Å². The summed E-state index contributed by atoms with van der Waals surface area (Å²) in [6, 6.07) is 0.281. The molecular formula is C16H32IN5OS. The molecule has 0 saturated carbocycles. The minimum absolute atomic E-state index is 0. The largest absolute Gasteiger partial charge is 0.357 e. The highest BCUT2D eigenvalue weighted by Crippen LogP contribution is 2.32. The van der Waals surface area contributed by atoms with Crippen molar-refractivity contribution in [1.82, 2.24) is 20.4 Å². The van der Waals surface area contributed by atoms with Crippen molar-refractivity contribution in [1.29, 1.82) is 0 Å². The standard InChI is InChI=1S/C16H31N5OS.HI/c1-5-17-15(19-13-6-7-14(22)21(4)10-13)18-11-16(20(2)3)8-9-23-12-16;/h13H,5-12H2,1-4H3,(H2,17,18,19);1H. The number of thioether (sulfide) groups is 1. The number of hydrogen-bond acceptors (Lipinski definition) is 4. The number of nitrogens with one attached hydrogen (secondary N) is 2. The van der Waals surface area contributed by atoms with Gasteiger partial charge in [-0.05, 0) is 39.6 Å². The van der Waals surface area contributed by atoms with E-state index in [4.69, 9.17) is 4.99 Å². The number of piperidine rings is 1. The Labute approximate surface area is 167 Å². The van der Waals surface area contributed by atoms with Crippen LogP contribution in [-0.2, 0) is 4.79 Å². The lowest BCUT2D eigenvalue weighted by molar-refractivity contribution is -0.132. The molecule has 0 radical (unpaired) electrons. The summed E-state index contributed by atoms with van der Waals surface area (Å²) >= 11 is 2.01. The van der Waals surface area contributed by atoms with E-state index in [0.717, 1.165) is 37.8 Å². The van der Waals surface area contributed by atoms with Gasteiger partial charge in [0, 0.05) is 43.9 Å². The fourth-order valence-electron chi connectivity index (χ4n) is 3.08. The van der Waals surface area contributed by atoms with Crippen LogP contribution < -0.4 is 10.6 Å². The smallest absolute Gasteiger partial charge is 0.222 e. The van der Waals surface area contributed by atoms with Crippen LogP contribution in [0, 0.1) is 0 Å². The van der Waals surface area contributed by atoms with Crippen LogP contribution in [0.1, 0.15) is 26.2 Å². The summed E-state index contributed by atoms with van der Waals surface area (Å²) in [5.41, 5.74) is 0.173. The Kier molecular flexibility index (Phi) is 9.14. The van der Waals surface area contributed by atoms with Gasteiger partial charge in [-0.2, -0.15) is 11.8 Å². The third-order valence-corrected chi connectivity index (χ3v) is 6.11. The molecule has 0 aliphatic carbocycles. The molecule has 0 aromatic heterocycles. The maximum absolute atomic E-state index is 11.6. The molecule has 0 bridgehead atoms. The van der Waals surface area contributed by atoms with Crippen LogP contribution in [0.25, 0.3) is 0 Å². The van der Waals surface area contributed by atoms with E-state index in [1.807, 2.05) is 18.8 Å². The van der Waals surface area contributed by atoms with Crippen molar-refractivity contribution in [2.45, 2.75) is 37.8 Å². The normalized spacial score (nSPS) is 28.0. The highest BCUT2D eigenvalue weighted by molar-refractivity contribution is 14.0. The lowest BCUT2D eigenvalue weighted by Gasteiger charge is -2.35. The number of likely N-dealkylation sites (tertiary alicyclic amines) is 1. The van der Waals surface area contributed by atoms with Crippen molar-refractivity contribution in [3.8, 4) is 0 Å². The third-order valence-electron chi connectivity index (χ3n) is 4.87. The van der Waals surface area contributed by atoms with Gasteiger partial charge >= 0.3 is 0 Å². The van der Waals surface area contributed by atoms with Crippen molar-refractivity contribution in [3.05, 3.63) is 0 Å². The van der Waals surface area contributed by atoms with Gasteiger partial charge in [0.1, 0.15) is 0 Å². The predicted octanol–water partition coefficient (Wildman–Crippen LogP) is 1.22. The molecule has 2 N–H and O–H groups in total. The van der Waals surface area contributed by atoms with E-state index in [1.54, 1.807) is 4.90 Å². The van der Waals surface area contributed by atoms with Gasteiger partial charge in [0.15, 0.2) is 5.96 Å². The van der Waals surface area contributed by atoms with Gasteiger partial charge in [0.2, 0.25) is 5.91 Å². The van der Waals surface area contributed by atoms with E-state index in [0.29, 0.717) is 6.42 Å². The molecule has 0 aromatic rings. The van der Waals surface area contributed by atoms with Gasteiger partial charge in [0.05, 0.1) is 6.54 Å². The van der Waals surface area contributed by atoms with Crippen LogP contribution in [-0.4, -0.2) is 85.5 Å². The van der Waals surface area contributed by atoms with Gasteiger partial charge in [-0.15, -0.1) is 24.0 Å². The second kappa shape index (κ2) is 10.1. The number of halogens is 1. The zero-order valence-corrected chi connectivity index (χ0v) is 18.4. The van der Waals surface area contributed by atoms with E-state index >= 15 is 0 Å². The molecule has 2 heterocycles. The fourth-order valence-corrected chi connectivity index (χ4v) is 4.63. The number of carbonyl (C=O) groups excluding carboxylic acids is 1. The first-order chi connectivity index (χ1) is 11.0. The van der Waals surface area contributed by atoms with E-state index in [2.05, 4.69) is 36.6 Å². The van der Waals surface area contributed by atoms with Crippen LogP contribution >= 0.6 is 35.7 Å². The van der Waals surface area contributed by atoms with Gasteiger partial charge in [-0.25, -0.2) is 0 Å². The molecule has 2 rings (SSSR count). The second-order valence-electron chi connectivity index (χ2n) is 6.77. The van der Waals surface area contributed by atoms with Crippen molar-refractivity contribution in [2.24, 2.45) is 4.99 Å². The van der Waals surface area contributed by atoms with Crippen molar-refractivity contribution >= 4 is 47.6 Å². The number of likely N-dealkylation sites (N-methyl/N-ethyl adjacent to an activating group) is 2. The fraction of sp³-hybridized carbons (Fsp3) is 0.875. The molecule has 6 nitrogen and oxygen atoms in total. The molecule has 2 atom stereocenters. The first-order valence-corrected chi connectivity index (χ1v) is 9.66. The Morgan fingerprint density at radius 3 is 2.79 bits per heavy atom. The molecule has 2 saturated heterocycles. The molecule has 2 aliphatic rings. The third kappa shape index (κ3) is 5.66. The number of guanidine groups is 1. The number of rotatable bonds is 5. The van der Waals surface area contributed by atoms with Crippen LogP contribution in [0.2, 0.25) is 0 Å². The van der Waals surface area contributed by atoms with Crippen molar-refractivity contribution in [2.75, 3.05) is 52.3 Å². The highest BCUT2D eigenvalue weighted by Gasteiger charge is 2.36. The Morgan fingerprint density at radius 1 is 1.50 bits per heavy atom. The lowest BCUT2D eigenvalue weighted by atomic mass is 9.98. The van der Waals surface area contributed by atoms with E-state index in [1.165, 1.54) is 12.2 Å². The van der Waals surface area contributed by atoms with Crippen molar-refractivity contribution in [3.63, 3.8) is 0 Å². The molecule has 24 heavy (non-hydrogen) atoms. The summed E-state index contributed by atoms with van der Waals surface area (Å²) in [7, 11) is 6.18. The number of amides is 1. The molecule has 0 aromatic carbocycles. The van der Waals surface area contributed by atoms with Gasteiger partial charge in [-0.1, -0.05) is 0 Å². The summed E-state index contributed by atoms with van der Waals surface area (Å²) in [6.45, 7) is 4.49. The summed E-state index contributed by atoms with van der Waals surface area (Å²) in [6.07, 6.45) is 2.68. The van der Waals surface area contributed by atoms with Crippen LogP contribution in [0.15, 0.2) is 4.99 Å². The Hall–Kier alpha value is -0.220. The molecule has 2 fully saturated rings. The summed E-state index contributed by atoms with van der Waals surface area (Å²) in [4.78, 5) is 20.6. The first kappa shape index (κ1) is 21.8. The zero-order chi connectivity index (χ0) is 16.9. The molecule has 8 heteroatoms. The van der Waals surface area contributed by atoms with Crippen LogP contribution in [0.5, 0.6) is 0 Å². The SMILES string of the molecule is CCNC(=NCC1(N(C)C)CCSC1)NC1CCC(=O)N(C)C1.I. The zero-order valence-electron chi connectivity index (χ0n) is 15.3. The Morgan fingerprint density at radius 2 is 2.25 bits per heavy atom. The quantitative estimate of drug-likeness (QED) is 0.360. The highest BCUT2D eigenvalue weighted by atomic mass is 127. The number of carbonyl (C=O) groups is 1. The average molecular weight is 469 g/mol. The number of nitrogens with zero attached hydrogens (tertiary/aromatic N) is 3. The number of aliphatic imine (C=N–C) groups is 1.